The summed E-state index contributed by atoms with van der Waals surface area (Å²) < 4.78 is 0. The van der Waals surface area contributed by atoms with Crippen molar-refractivity contribution in [3.05, 3.63) is 0 Å². The van der Waals surface area contributed by atoms with Crippen LogP contribution < -0.4 is 0 Å². The highest BCUT2D eigenvalue weighted by Crippen LogP contribution is 2.35. The molecule has 10 heavy (non-hydrogen) atoms. The molecule has 1 fully saturated rings. The summed E-state index contributed by atoms with van der Waals surface area (Å²) in [5.41, 5.74) is 0. The summed E-state index contributed by atoms with van der Waals surface area (Å²) >= 11 is 0. The van der Waals surface area contributed by atoms with Crippen molar-refractivity contribution in [2.24, 2.45) is 11.8 Å². The number of rotatable bonds is 3. The Morgan fingerprint density at radius 1 is 1.60 bits per heavy atom. The molecule has 1 rings (SSSR count). The molecule has 3 nitrogen and oxygen atoms in total. The standard InChI is InChI=1S/C7H12O3/c1-4(7(9)10)6(8)5-2-3-5/h4-6,8H,2-3H2,1H3,(H,9,10)/t4-,6+/m1/s1. The van der Waals surface area contributed by atoms with Crippen molar-refractivity contribution in [2.75, 3.05) is 0 Å². The van der Waals surface area contributed by atoms with Crippen LogP contribution in [0.15, 0.2) is 0 Å². The fourth-order valence-electron chi connectivity index (χ4n) is 0.992. The van der Waals surface area contributed by atoms with E-state index < -0.39 is 18.0 Å². The number of hydrogen-bond acceptors (Lipinski definition) is 2. The van der Waals surface area contributed by atoms with Crippen LogP contribution in [0.4, 0.5) is 0 Å². The van der Waals surface area contributed by atoms with Crippen molar-refractivity contribution >= 4 is 5.97 Å². The Morgan fingerprint density at radius 2 is 2.10 bits per heavy atom. The smallest absolute Gasteiger partial charge is 0.308 e. The minimum Gasteiger partial charge on any atom is -0.481 e. The maximum absolute atomic E-state index is 10.3. The number of carboxylic acid groups (broad SMARTS) is 1. The number of aliphatic carboxylic acids is 1. The third-order valence-corrected chi connectivity index (χ3v) is 2.01. The second-order valence-corrected chi connectivity index (χ2v) is 2.95. The Labute approximate surface area is 59.7 Å². The van der Waals surface area contributed by atoms with Gasteiger partial charge in [0.1, 0.15) is 0 Å². The van der Waals surface area contributed by atoms with Gasteiger partial charge in [0.2, 0.25) is 0 Å². The van der Waals surface area contributed by atoms with E-state index in [1.807, 2.05) is 0 Å². The zero-order chi connectivity index (χ0) is 7.72. The topological polar surface area (TPSA) is 57.5 Å². The van der Waals surface area contributed by atoms with E-state index in [0.29, 0.717) is 0 Å². The largest absolute Gasteiger partial charge is 0.481 e. The van der Waals surface area contributed by atoms with Crippen LogP contribution in [-0.4, -0.2) is 22.3 Å². The zero-order valence-electron chi connectivity index (χ0n) is 5.95. The molecule has 0 amide bonds. The number of carboxylic acids is 1. The highest BCUT2D eigenvalue weighted by molar-refractivity contribution is 5.70. The van der Waals surface area contributed by atoms with Crippen molar-refractivity contribution in [2.45, 2.75) is 25.9 Å². The summed E-state index contributed by atoms with van der Waals surface area (Å²) in [4.78, 5) is 10.3. The molecule has 0 aromatic heterocycles. The molecule has 1 saturated carbocycles. The lowest BCUT2D eigenvalue weighted by Crippen LogP contribution is -2.26. The van der Waals surface area contributed by atoms with Gasteiger partial charge in [-0.2, -0.15) is 0 Å². The van der Waals surface area contributed by atoms with Gasteiger partial charge in [0.05, 0.1) is 12.0 Å². The number of carbonyl (C=O) groups is 1. The van der Waals surface area contributed by atoms with Gasteiger partial charge in [-0.25, -0.2) is 0 Å². The van der Waals surface area contributed by atoms with E-state index >= 15 is 0 Å². The summed E-state index contributed by atoms with van der Waals surface area (Å²) in [5, 5.41) is 17.7. The lowest BCUT2D eigenvalue weighted by atomic mass is 10.0. The Morgan fingerprint density at radius 3 is 2.40 bits per heavy atom. The molecule has 2 atom stereocenters. The molecule has 0 bridgehead atoms. The van der Waals surface area contributed by atoms with Gasteiger partial charge in [0.15, 0.2) is 0 Å². The zero-order valence-corrected chi connectivity index (χ0v) is 5.95. The average Bonchev–Trinajstić information content (AvgIpc) is 2.65. The van der Waals surface area contributed by atoms with Crippen molar-refractivity contribution in [3.63, 3.8) is 0 Å². The van der Waals surface area contributed by atoms with Crippen molar-refractivity contribution in [1.82, 2.24) is 0 Å². The molecule has 1 aliphatic rings. The third kappa shape index (κ3) is 1.48. The maximum atomic E-state index is 10.3. The molecule has 0 radical (unpaired) electrons. The first-order valence-electron chi connectivity index (χ1n) is 3.54. The van der Waals surface area contributed by atoms with E-state index in [2.05, 4.69) is 0 Å². The highest BCUT2D eigenvalue weighted by atomic mass is 16.4. The van der Waals surface area contributed by atoms with E-state index in [9.17, 15) is 9.90 Å². The summed E-state index contributed by atoms with van der Waals surface area (Å²) in [5.74, 6) is -1.25. The Kier molecular flexibility index (Phi) is 1.94. The fourth-order valence-corrected chi connectivity index (χ4v) is 0.992. The quantitative estimate of drug-likeness (QED) is 0.605. The molecule has 0 aromatic carbocycles. The lowest BCUT2D eigenvalue weighted by molar-refractivity contribution is -0.145. The van der Waals surface area contributed by atoms with Crippen LogP contribution in [0, 0.1) is 11.8 Å². The molecule has 58 valence electrons. The van der Waals surface area contributed by atoms with Crippen LogP contribution >= 0.6 is 0 Å². The molecular weight excluding hydrogens is 132 g/mol. The second kappa shape index (κ2) is 2.58. The van der Waals surface area contributed by atoms with Gasteiger partial charge in [-0.15, -0.1) is 0 Å². The van der Waals surface area contributed by atoms with Crippen LogP contribution in [0.2, 0.25) is 0 Å². The summed E-state index contributed by atoms with van der Waals surface area (Å²) in [6.45, 7) is 1.55. The summed E-state index contributed by atoms with van der Waals surface area (Å²) in [7, 11) is 0. The first kappa shape index (κ1) is 7.54. The number of aliphatic hydroxyl groups excluding tert-OH is 1. The van der Waals surface area contributed by atoms with Crippen LogP contribution in [0.1, 0.15) is 19.8 Å². The van der Waals surface area contributed by atoms with E-state index in [0.717, 1.165) is 12.8 Å². The molecule has 3 heteroatoms. The molecule has 1 aliphatic carbocycles. The molecule has 0 aromatic rings. The van der Waals surface area contributed by atoms with E-state index in [-0.39, 0.29) is 5.92 Å². The monoisotopic (exact) mass is 144 g/mol. The van der Waals surface area contributed by atoms with Gasteiger partial charge >= 0.3 is 5.97 Å². The van der Waals surface area contributed by atoms with E-state index in [4.69, 9.17) is 5.11 Å². The van der Waals surface area contributed by atoms with Gasteiger partial charge in [0, 0.05) is 0 Å². The molecule has 0 aliphatic heterocycles. The molecule has 0 heterocycles. The maximum Gasteiger partial charge on any atom is 0.308 e. The summed E-state index contributed by atoms with van der Waals surface area (Å²) in [6.07, 6.45) is 1.34. The van der Waals surface area contributed by atoms with Gasteiger partial charge in [-0.1, -0.05) is 0 Å². The highest BCUT2D eigenvalue weighted by Gasteiger charge is 2.35. The first-order valence-corrected chi connectivity index (χ1v) is 3.54. The Balaban J connectivity index is 2.38. The predicted octanol–water partition coefficient (Wildman–Crippen LogP) is 0.478. The minimum absolute atomic E-state index is 0.256. The molecule has 0 spiro atoms. The molecular formula is C7H12O3. The molecule has 0 unspecified atom stereocenters. The van der Waals surface area contributed by atoms with Crippen molar-refractivity contribution < 1.29 is 15.0 Å². The first-order chi connectivity index (χ1) is 4.63. The Bertz CT molecular complexity index is 140. The normalized spacial score (nSPS) is 23.8. The summed E-state index contributed by atoms with van der Waals surface area (Å²) in [6, 6.07) is 0. The molecule has 0 saturated heterocycles. The third-order valence-electron chi connectivity index (χ3n) is 2.01. The fraction of sp³-hybridized carbons (Fsp3) is 0.857. The SMILES string of the molecule is C[C@@H](C(=O)O)[C@H](O)C1CC1. The molecule has 2 N–H and O–H groups in total. The van der Waals surface area contributed by atoms with Crippen molar-refractivity contribution in [1.29, 1.82) is 0 Å². The van der Waals surface area contributed by atoms with E-state index in [1.54, 1.807) is 6.92 Å². The van der Waals surface area contributed by atoms with E-state index in [1.165, 1.54) is 0 Å². The van der Waals surface area contributed by atoms with Crippen LogP contribution in [0.5, 0.6) is 0 Å². The van der Waals surface area contributed by atoms with Crippen LogP contribution in [0.3, 0.4) is 0 Å². The number of hydrogen-bond donors (Lipinski definition) is 2. The van der Waals surface area contributed by atoms with Crippen LogP contribution in [0.25, 0.3) is 0 Å². The van der Waals surface area contributed by atoms with Gasteiger partial charge in [-0.05, 0) is 25.7 Å². The Hall–Kier alpha value is -0.570. The van der Waals surface area contributed by atoms with Crippen LogP contribution in [-0.2, 0) is 4.79 Å². The van der Waals surface area contributed by atoms with Gasteiger partial charge < -0.3 is 10.2 Å². The van der Waals surface area contributed by atoms with Crippen molar-refractivity contribution in [3.8, 4) is 0 Å². The predicted molar refractivity (Wildman–Crippen MR) is 35.5 cm³/mol. The minimum atomic E-state index is -0.903. The second-order valence-electron chi connectivity index (χ2n) is 2.95. The lowest BCUT2D eigenvalue weighted by Gasteiger charge is -2.12. The van der Waals surface area contributed by atoms with Gasteiger partial charge in [-0.3, -0.25) is 4.79 Å². The average molecular weight is 144 g/mol. The van der Waals surface area contributed by atoms with Gasteiger partial charge in [0.25, 0.3) is 0 Å². The number of aliphatic hydroxyl groups is 1.